The zero-order valence-corrected chi connectivity index (χ0v) is 14.1. The van der Waals surface area contributed by atoms with Gasteiger partial charge >= 0.3 is 15.5 Å². The van der Waals surface area contributed by atoms with Crippen LogP contribution >= 0.6 is 0 Å². The summed E-state index contributed by atoms with van der Waals surface area (Å²) >= 11 is 0. The molecule has 2 aliphatic rings. The Morgan fingerprint density at radius 1 is 1.19 bits per heavy atom. The molecule has 2 bridgehead atoms. The number of nitrogens with one attached hydrogen (secondary N) is 1. The SMILES string of the molecule is O=[N+]([O-])c1ccc(F)cc1NC1CC2CCC(C1)N2S(=O)(=O)C(F)(F)F. The van der Waals surface area contributed by atoms with Crippen LogP contribution in [0.3, 0.4) is 0 Å². The zero-order chi connectivity index (χ0) is 19.3. The smallest absolute Gasteiger partial charge is 0.377 e. The van der Waals surface area contributed by atoms with Crippen LogP contribution in [0.1, 0.15) is 25.7 Å². The number of nitro benzene ring substituents is 1. The van der Waals surface area contributed by atoms with Crippen molar-refractivity contribution in [2.75, 3.05) is 5.32 Å². The van der Waals surface area contributed by atoms with Crippen molar-refractivity contribution in [3.8, 4) is 0 Å². The van der Waals surface area contributed by atoms with Crippen LogP contribution in [-0.2, 0) is 10.0 Å². The van der Waals surface area contributed by atoms with Gasteiger partial charge in [0, 0.05) is 30.3 Å². The van der Waals surface area contributed by atoms with Crippen molar-refractivity contribution in [3.63, 3.8) is 0 Å². The average Bonchev–Trinajstić information content (AvgIpc) is 2.78. The second-order valence-corrected chi connectivity index (χ2v) is 8.23. The first-order valence-electron chi connectivity index (χ1n) is 7.81. The molecule has 12 heteroatoms. The molecule has 1 aromatic carbocycles. The molecule has 0 amide bonds. The number of rotatable bonds is 4. The molecule has 0 aromatic heterocycles. The second-order valence-electron chi connectivity index (χ2n) is 6.40. The lowest BCUT2D eigenvalue weighted by Gasteiger charge is -2.38. The molecule has 1 N–H and O–H groups in total. The van der Waals surface area contributed by atoms with E-state index < -0.39 is 44.4 Å². The second kappa shape index (κ2) is 6.34. The van der Waals surface area contributed by atoms with E-state index in [1.165, 1.54) is 0 Å². The van der Waals surface area contributed by atoms with Gasteiger partial charge in [0.05, 0.1) is 4.92 Å². The molecule has 2 saturated heterocycles. The number of sulfonamides is 1. The van der Waals surface area contributed by atoms with Crippen molar-refractivity contribution >= 4 is 21.4 Å². The molecule has 2 unspecified atom stereocenters. The van der Waals surface area contributed by atoms with E-state index in [2.05, 4.69) is 5.32 Å². The monoisotopic (exact) mass is 397 g/mol. The maximum absolute atomic E-state index is 13.4. The average molecular weight is 397 g/mol. The molecular formula is C14H15F4N3O4S. The normalized spacial score (nSPS) is 26.7. The number of alkyl halides is 3. The van der Waals surface area contributed by atoms with Gasteiger partial charge in [-0.05, 0) is 31.7 Å². The zero-order valence-electron chi connectivity index (χ0n) is 13.2. The van der Waals surface area contributed by atoms with E-state index in [0.717, 1.165) is 18.2 Å². The van der Waals surface area contributed by atoms with E-state index in [1.807, 2.05) is 0 Å². The van der Waals surface area contributed by atoms with Gasteiger partial charge in [-0.3, -0.25) is 10.1 Å². The number of piperidine rings is 1. The van der Waals surface area contributed by atoms with Gasteiger partial charge in [-0.15, -0.1) is 0 Å². The van der Waals surface area contributed by atoms with E-state index >= 15 is 0 Å². The molecule has 2 aliphatic heterocycles. The first-order valence-corrected chi connectivity index (χ1v) is 9.25. The first-order chi connectivity index (χ1) is 12.0. The summed E-state index contributed by atoms with van der Waals surface area (Å²) in [5.74, 6) is -0.696. The summed E-state index contributed by atoms with van der Waals surface area (Å²) < 4.78 is 76.0. The highest BCUT2D eigenvalue weighted by molar-refractivity contribution is 7.90. The number of nitrogens with zero attached hydrogens (tertiary/aromatic N) is 2. The summed E-state index contributed by atoms with van der Waals surface area (Å²) in [4.78, 5) is 10.3. The largest absolute Gasteiger partial charge is 0.511 e. The van der Waals surface area contributed by atoms with Gasteiger partial charge in [-0.2, -0.15) is 17.5 Å². The lowest BCUT2D eigenvalue weighted by Crippen LogP contribution is -2.53. The van der Waals surface area contributed by atoms with Gasteiger partial charge < -0.3 is 5.32 Å². The molecule has 1 aromatic rings. The number of fused-ring (bicyclic) bond motifs is 2. The number of hydrogen-bond acceptors (Lipinski definition) is 5. The van der Waals surface area contributed by atoms with Crippen molar-refractivity contribution in [3.05, 3.63) is 34.1 Å². The summed E-state index contributed by atoms with van der Waals surface area (Å²) in [6.07, 6.45) is 0.672. The van der Waals surface area contributed by atoms with Crippen LogP contribution in [-0.4, -0.2) is 41.3 Å². The number of halogens is 4. The van der Waals surface area contributed by atoms with Crippen LogP contribution in [0.25, 0.3) is 0 Å². The third-order valence-electron chi connectivity index (χ3n) is 4.75. The Morgan fingerprint density at radius 2 is 1.77 bits per heavy atom. The fraction of sp³-hybridized carbons (Fsp3) is 0.571. The predicted molar refractivity (Wildman–Crippen MR) is 83.3 cm³/mol. The van der Waals surface area contributed by atoms with Crippen molar-refractivity contribution in [1.82, 2.24) is 4.31 Å². The summed E-state index contributed by atoms with van der Waals surface area (Å²) in [5.41, 5.74) is -5.80. The van der Waals surface area contributed by atoms with Crippen molar-refractivity contribution in [2.24, 2.45) is 0 Å². The lowest BCUT2D eigenvalue weighted by atomic mass is 9.99. The Morgan fingerprint density at radius 3 is 2.27 bits per heavy atom. The Balaban J connectivity index is 1.81. The minimum atomic E-state index is -5.42. The molecule has 2 fully saturated rings. The summed E-state index contributed by atoms with van der Waals surface area (Å²) in [6.45, 7) is 0. The van der Waals surface area contributed by atoms with E-state index in [-0.39, 0.29) is 37.1 Å². The molecule has 0 aliphatic carbocycles. The maximum atomic E-state index is 13.4. The van der Waals surface area contributed by atoms with Crippen LogP contribution in [0.5, 0.6) is 0 Å². The molecule has 0 saturated carbocycles. The molecule has 3 rings (SSSR count). The van der Waals surface area contributed by atoms with Gasteiger partial charge in [0.2, 0.25) is 0 Å². The van der Waals surface area contributed by atoms with Crippen LogP contribution in [0.4, 0.5) is 28.9 Å². The Kier molecular flexibility index (Phi) is 4.59. The minimum absolute atomic E-state index is 0.0550. The molecular weight excluding hydrogens is 382 g/mol. The number of anilines is 1. The molecule has 0 radical (unpaired) electrons. The standard InChI is InChI=1S/C14H15F4N3O4S/c15-8-1-4-13(21(22)23)12(5-8)19-9-6-10-2-3-11(7-9)20(10)26(24,25)14(16,17)18/h1,4-5,9-11,19H,2-3,6-7H2. The number of hydrogen-bond donors (Lipinski definition) is 1. The van der Waals surface area contributed by atoms with E-state index in [4.69, 9.17) is 0 Å². The predicted octanol–water partition coefficient (Wildman–Crippen LogP) is 2.99. The van der Waals surface area contributed by atoms with Gasteiger partial charge in [-0.1, -0.05) is 0 Å². The van der Waals surface area contributed by atoms with Crippen LogP contribution in [0.15, 0.2) is 18.2 Å². The summed E-state index contributed by atoms with van der Waals surface area (Å²) in [5, 5.41) is 13.8. The molecule has 26 heavy (non-hydrogen) atoms. The fourth-order valence-corrected chi connectivity index (χ4v) is 5.17. The highest BCUT2D eigenvalue weighted by Gasteiger charge is 2.57. The molecule has 7 nitrogen and oxygen atoms in total. The van der Waals surface area contributed by atoms with Crippen molar-refractivity contribution in [1.29, 1.82) is 0 Å². The molecule has 2 heterocycles. The van der Waals surface area contributed by atoms with Crippen LogP contribution in [0, 0.1) is 15.9 Å². The summed E-state index contributed by atoms with van der Waals surface area (Å²) in [6, 6.07) is 0.698. The number of benzene rings is 1. The lowest BCUT2D eigenvalue weighted by molar-refractivity contribution is -0.384. The topological polar surface area (TPSA) is 92.6 Å². The highest BCUT2D eigenvalue weighted by atomic mass is 32.2. The van der Waals surface area contributed by atoms with Gasteiger partial charge in [0.25, 0.3) is 5.69 Å². The third kappa shape index (κ3) is 3.22. The minimum Gasteiger partial charge on any atom is -0.377 e. The third-order valence-corrected chi connectivity index (χ3v) is 6.49. The Labute approximate surface area is 146 Å². The first kappa shape index (κ1) is 18.8. The van der Waals surface area contributed by atoms with Gasteiger partial charge in [-0.25, -0.2) is 12.8 Å². The highest BCUT2D eigenvalue weighted by Crippen LogP contribution is 2.43. The van der Waals surface area contributed by atoms with E-state index in [9.17, 15) is 36.1 Å². The number of nitro groups is 1. The molecule has 0 spiro atoms. The quantitative estimate of drug-likeness (QED) is 0.479. The summed E-state index contributed by atoms with van der Waals surface area (Å²) in [7, 11) is -5.42. The Bertz CT molecular complexity index is 816. The Hall–Kier alpha value is -1.95. The van der Waals surface area contributed by atoms with Crippen LogP contribution in [0.2, 0.25) is 0 Å². The molecule has 144 valence electrons. The van der Waals surface area contributed by atoms with Gasteiger partial charge in [0.1, 0.15) is 11.5 Å². The van der Waals surface area contributed by atoms with Crippen molar-refractivity contribution < 1.29 is 30.9 Å². The maximum Gasteiger partial charge on any atom is 0.511 e. The molecule has 2 atom stereocenters. The van der Waals surface area contributed by atoms with E-state index in [1.54, 1.807) is 0 Å². The fourth-order valence-electron chi connectivity index (χ4n) is 3.77. The van der Waals surface area contributed by atoms with Crippen molar-refractivity contribution in [2.45, 2.75) is 49.3 Å². The van der Waals surface area contributed by atoms with Gasteiger partial charge in [0.15, 0.2) is 0 Å². The van der Waals surface area contributed by atoms with Crippen LogP contribution < -0.4 is 5.32 Å². The van der Waals surface area contributed by atoms with E-state index in [0.29, 0.717) is 4.31 Å².